The molecular weight excluding hydrogens is 196 g/mol. The second kappa shape index (κ2) is 3.76. The van der Waals surface area contributed by atoms with Crippen molar-refractivity contribution in [2.45, 2.75) is 18.9 Å². The van der Waals surface area contributed by atoms with Crippen molar-refractivity contribution in [3.63, 3.8) is 0 Å². The number of methoxy groups -OCH3 is 1. The number of hydrogen-bond donors (Lipinski definition) is 1. The van der Waals surface area contributed by atoms with Gasteiger partial charge in [-0.2, -0.15) is 0 Å². The molecule has 0 spiro atoms. The third-order valence-electron chi connectivity index (χ3n) is 2.34. The molecule has 1 fully saturated rings. The Morgan fingerprint density at radius 1 is 1.53 bits per heavy atom. The van der Waals surface area contributed by atoms with E-state index < -0.39 is 4.92 Å². The maximum absolute atomic E-state index is 10.9. The van der Waals surface area contributed by atoms with Crippen LogP contribution in [0.25, 0.3) is 0 Å². The molecule has 1 aromatic rings. The quantitative estimate of drug-likeness (QED) is 0.608. The minimum atomic E-state index is -0.413. The zero-order chi connectivity index (χ0) is 10.8. The van der Waals surface area contributed by atoms with Crippen molar-refractivity contribution >= 4 is 11.4 Å². The Labute approximate surface area is 87.2 Å². The van der Waals surface area contributed by atoms with Crippen molar-refractivity contribution in [3.8, 4) is 5.75 Å². The van der Waals surface area contributed by atoms with E-state index in [2.05, 4.69) is 5.32 Å². The zero-order valence-electron chi connectivity index (χ0n) is 8.40. The molecule has 0 aliphatic heterocycles. The SMILES string of the molecule is COc1cccc(NC2CC2)c1[N+](=O)[O-]. The molecule has 0 heterocycles. The third kappa shape index (κ3) is 2.01. The summed E-state index contributed by atoms with van der Waals surface area (Å²) < 4.78 is 4.97. The number of rotatable bonds is 4. The summed E-state index contributed by atoms with van der Waals surface area (Å²) in [6.45, 7) is 0. The second-order valence-corrected chi connectivity index (χ2v) is 3.53. The Morgan fingerprint density at radius 2 is 2.27 bits per heavy atom. The summed E-state index contributed by atoms with van der Waals surface area (Å²) in [5, 5.41) is 14.0. The number of para-hydroxylation sites is 1. The fourth-order valence-corrected chi connectivity index (χ4v) is 1.44. The van der Waals surface area contributed by atoms with Gasteiger partial charge < -0.3 is 10.1 Å². The van der Waals surface area contributed by atoms with E-state index in [4.69, 9.17) is 4.74 Å². The van der Waals surface area contributed by atoms with Gasteiger partial charge in [0, 0.05) is 6.04 Å². The first-order valence-electron chi connectivity index (χ1n) is 4.80. The molecule has 0 amide bonds. The fourth-order valence-electron chi connectivity index (χ4n) is 1.44. The van der Waals surface area contributed by atoms with Gasteiger partial charge in [-0.05, 0) is 25.0 Å². The van der Waals surface area contributed by atoms with E-state index in [9.17, 15) is 10.1 Å². The molecule has 0 aromatic heterocycles. The minimum absolute atomic E-state index is 0.0203. The highest BCUT2D eigenvalue weighted by Gasteiger charge is 2.26. The fraction of sp³-hybridized carbons (Fsp3) is 0.400. The summed E-state index contributed by atoms with van der Waals surface area (Å²) in [7, 11) is 1.43. The summed E-state index contributed by atoms with van der Waals surface area (Å²) in [5.74, 6) is 0.297. The minimum Gasteiger partial charge on any atom is -0.490 e. The predicted octanol–water partition coefficient (Wildman–Crippen LogP) is 2.18. The van der Waals surface area contributed by atoms with Crippen LogP contribution in [-0.4, -0.2) is 18.1 Å². The van der Waals surface area contributed by atoms with Crippen molar-refractivity contribution in [1.29, 1.82) is 0 Å². The van der Waals surface area contributed by atoms with Crippen molar-refractivity contribution in [2.75, 3.05) is 12.4 Å². The predicted molar refractivity (Wildman–Crippen MR) is 56.3 cm³/mol. The Bertz CT molecular complexity index is 388. The molecule has 5 nitrogen and oxygen atoms in total. The standard InChI is InChI=1S/C10H12N2O3/c1-15-9-4-2-3-8(10(9)12(13)14)11-7-5-6-7/h2-4,7,11H,5-6H2,1H3. The molecule has 2 rings (SSSR count). The molecule has 1 aliphatic carbocycles. The zero-order valence-corrected chi connectivity index (χ0v) is 8.40. The van der Waals surface area contributed by atoms with Crippen LogP contribution in [0.4, 0.5) is 11.4 Å². The van der Waals surface area contributed by atoms with Crippen molar-refractivity contribution in [3.05, 3.63) is 28.3 Å². The van der Waals surface area contributed by atoms with Crippen LogP contribution in [0.3, 0.4) is 0 Å². The van der Waals surface area contributed by atoms with E-state index >= 15 is 0 Å². The Kier molecular flexibility index (Phi) is 2.45. The smallest absolute Gasteiger partial charge is 0.333 e. The molecular formula is C10H12N2O3. The molecule has 0 saturated heterocycles. The Balaban J connectivity index is 2.37. The van der Waals surface area contributed by atoms with Crippen LogP contribution in [0.1, 0.15) is 12.8 Å². The lowest BCUT2D eigenvalue weighted by Crippen LogP contribution is -2.05. The summed E-state index contributed by atoms with van der Waals surface area (Å²) >= 11 is 0. The molecule has 80 valence electrons. The van der Waals surface area contributed by atoms with E-state index in [0.717, 1.165) is 12.8 Å². The van der Waals surface area contributed by atoms with E-state index in [-0.39, 0.29) is 5.69 Å². The second-order valence-electron chi connectivity index (χ2n) is 3.53. The maximum Gasteiger partial charge on any atom is 0.333 e. The molecule has 5 heteroatoms. The van der Waals surface area contributed by atoms with Gasteiger partial charge in [0.2, 0.25) is 0 Å². The molecule has 0 radical (unpaired) electrons. The van der Waals surface area contributed by atoms with Gasteiger partial charge in [0.05, 0.1) is 12.0 Å². The summed E-state index contributed by atoms with van der Waals surface area (Å²) in [6, 6.07) is 5.43. The first-order valence-corrected chi connectivity index (χ1v) is 4.80. The molecule has 1 aliphatic rings. The maximum atomic E-state index is 10.9. The third-order valence-corrected chi connectivity index (χ3v) is 2.34. The van der Waals surface area contributed by atoms with Crippen molar-refractivity contribution in [1.82, 2.24) is 0 Å². The van der Waals surface area contributed by atoms with E-state index in [1.807, 2.05) is 0 Å². The van der Waals surface area contributed by atoms with Gasteiger partial charge in [0.15, 0.2) is 5.75 Å². The summed E-state index contributed by atoms with van der Waals surface area (Å²) in [4.78, 5) is 10.5. The van der Waals surface area contributed by atoms with Gasteiger partial charge in [-0.1, -0.05) is 6.07 Å². The first kappa shape index (κ1) is 9.76. The van der Waals surface area contributed by atoms with Gasteiger partial charge in [-0.25, -0.2) is 0 Å². The van der Waals surface area contributed by atoms with E-state index in [1.54, 1.807) is 18.2 Å². The highest BCUT2D eigenvalue weighted by Crippen LogP contribution is 2.37. The van der Waals surface area contributed by atoms with Crippen LogP contribution in [-0.2, 0) is 0 Å². The van der Waals surface area contributed by atoms with Crippen LogP contribution in [0.5, 0.6) is 5.75 Å². The molecule has 0 bridgehead atoms. The number of nitrogens with zero attached hydrogens (tertiary/aromatic N) is 1. The number of benzene rings is 1. The van der Waals surface area contributed by atoms with Gasteiger partial charge in [-0.15, -0.1) is 0 Å². The van der Waals surface area contributed by atoms with Crippen LogP contribution in [0, 0.1) is 10.1 Å². The number of nitrogens with one attached hydrogen (secondary N) is 1. The number of anilines is 1. The van der Waals surface area contributed by atoms with Crippen molar-refractivity contribution in [2.24, 2.45) is 0 Å². The number of nitro groups is 1. The van der Waals surface area contributed by atoms with Gasteiger partial charge in [0.25, 0.3) is 0 Å². The largest absolute Gasteiger partial charge is 0.490 e. The molecule has 1 aromatic carbocycles. The number of nitro benzene ring substituents is 1. The summed E-state index contributed by atoms with van der Waals surface area (Å²) in [5.41, 5.74) is 0.564. The van der Waals surface area contributed by atoms with E-state index in [1.165, 1.54) is 7.11 Å². The lowest BCUT2D eigenvalue weighted by Gasteiger charge is -2.08. The Hall–Kier alpha value is -1.78. The van der Waals surface area contributed by atoms with Gasteiger partial charge >= 0.3 is 5.69 Å². The van der Waals surface area contributed by atoms with Gasteiger partial charge in [0.1, 0.15) is 5.69 Å². The average Bonchev–Trinajstić information content (AvgIpc) is 3.01. The number of hydrogen-bond acceptors (Lipinski definition) is 4. The lowest BCUT2D eigenvalue weighted by molar-refractivity contribution is -0.384. The number of ether oxygens (including phenoxy) is 1. The van der Waals surface area contributed by atoms with Crippen LogP contribution in [0.2, 0.25) is 0 Å². The van der Waals surface area contributed by atoms with Crippen LogP contribution >= 0.6 is 0 Å². The topological polar surface area (TPSA) is 64.4 Å². The normalized spacial score (nSPS) is 14.7. The monoisotopic (exact) mass is 208 g/mol. The molecule has 0 atom stereocenters. The van der Waals surface area contributed by atoms with E-state index in [0.29, 0.717) is 17.5 Å². The van der Waals surface area contributed by atoms with Crippen LogP contribution in [0.15, 0.2) is 18.2 Å². The molecule has 0 unspecified atom stereocenters. The van der Waals surface area contributed by atoms with Gasteiger partial charge in [-0.3, -0.25) is 10.1 Å². The van der Waals surface area contributed by atoms with Crippen molar-refractivity contribution < 1.29 is 9.66 Å². The average molecular weight is 208 g/mol. The summed E-state index contributed by atoms with van der Waals surface area (Å²) in [6.07, 6.45) is 2.16. The lowest BCUT2D eigenvalue weighted by atomic mass is 10.2. The first-order chi connectivity index (χ1) is 7.22. The Morgan fingerprint density at radius 3 is 2.80 bits per heavy atom. The highest BCUT2D eigenvalue weighted by atomic mass is 16.6. The molecule has 1 saturated carbocycles. The molecule has 15 heavy (non-hydrogen) atoms. The van der Waals surface area contributed by atoms with Crippen LogP contribution < -0.4 is 10.1 Å². The highest BCUT2D eigenvalue weighted by molar-refractivity contribution is 5.69. The molecule has 1 N–H and O–H groups in total.